The van der Waals surface area contributed by atoms with Gasteiger partial charge >= 0.3 is 0 Å². The number of nitrogens with one attached hydrogen (secondary N) is 1. The smallest absolute Gasteiger partial charge is 0.240 e. The summed E-state index contributed by atoms with van der Waals surface area (Å²) in [5, 5.41) is 0. The first-order chi connectivity index (χ1) is 11.9. The second-order valence-electron chi connectivity index (χ2n) is 5.44. The lowest BCUT2D eigenvalue weighted by Gasteiger charge is -2.17. The molecule has 0 fully saturated rings. The van der Waals surface area contributed by atoms with E-state index in [4.69, 9.17) is 9.47 Å². The SMILES string of the molecule is COc1cccc(C(CNS(=O)(=O)c2cccc(C(C)=O)c2)OC)c1. The Morgan fingerprint density at radius 2 is 1.84 bits per heavy atom. The summed E-state index contributed by atoms with van der Waals surface area (Å²) >= 11 is 0. The molecule has 0 saturated carbocycles. The van der Waals surface area contributed by atoms with E-state index in [1.165, 1.54) is 26.2 Å². The maximum Gasteiger partial charge on any atom is 0.240 e. The first-order valence-electron chi connectivity index (χ1n) is 7.65. The molecule has 0 saturated heterocycles. The summed E-state index contributed by atoms with van der Waals surface area (Å²) in [6, 6.07) is 13.2. The Balaban J connectivity index is 2.17. The molecule has 7 heteroatoms. The van der Waals surface area contributed by atoms with E-state index in [-0.39, 0.29) is 17.2 Å². The van der Waals surface area contributed by atoms with Crippen LogP contribution < -0.4 is 9.46 Å². The van der Waals surface area contributed by atoms with Gasteiger partial charge in [-0.15, -0.1) is 0 Å². The molecule has 134 valence electrons. The molecule has 6 nitrogen and oxygen atoms in total. The molecule has 0 spiro atoms. The van der Waals surface area contributed by atoms with Gasteiger partial charge < -0.3 is 9.47 Å². The summed E-state index contributed by atoms with van der Waals surface area (Å²) in [4.78, 5) is 11.5. The average molecular weight is 363 g/mol. The van der Waals surface area contributed by atoms with Crippen molar-refractivity contribution in [1.29, 1.82) is 0 Å². The van der Waals surface area contributed by atoms with Crippen LogP contribution in [0.5, 0.6) is 5.75 Å². The number of hydrogen-bond acceptors (Lipinski definition) is 5. The molecule has 0 radical (unpaired) electrons. The molecule has 0 aliphatic heterocycles. The van der Waals surface area contributed by atoms with Gasteiger partial charge in [-0.25, -0.2) is 13.1 Å². The van der Waals surface area contributed by atoms with E-state index in [1.54, 1.807) is 31.4 Å². The van der Waals surface area contributed by atoms with Gasteiger partial charge in [0, 0.05) is 19.2 Å². The summed E-state index contributed by atoms with van der Waals surface area (Å²) in [6.07, 6.45) is -0.471. The van der Waals surface area contributed by atoms with Crippen molar-refractivity contribution in [2.45, 2.75) is 17.9 Å². The van der Waals surface area contributed by atoms with Crippen molar-refractivity contribution >= 4 is 15.8 Å². The van der Waals surface area contributed by atoms with Crippen LogP contribution >= 0.6 is 0 Å². The lowest BCUT2D eigenvalue weighted by atomic mass is 10.1. The van der Waals surface area contributed by atoms with E-state index in [1.807, 2.05) is 12.1 Å². The van der Waals surface area contributed by atoms with Gasteiger partial charge in [0.2, 0.25) is 10.0 Å². The molecule has 0 aliphatic carbocycles. The van der Waals surface area contributed by atoms with Crippen LogP contribution in [-0.4, -0.2) is 35.0 Å². The zero-order valence-electron chi connectivity index (χ0n) is 14.4. The molecular weight excluding hydrogens is 342 g/mol. The largest absolute Gasteiger partial charge is 0.497 e. The lowest BCUT2D eigenvalue weighted by Crippen LogP contribution is -2.29. The van der Waals surface area contributed by atoms with Crippen LogP contribution in [0.1, 0.15) is 28.9 Å². The fraction of sp³-hybridized carbons (Fsp3) is 0.278. The van der Waals surface area contributed by atoms with Gasteiger partial charge in [-0.05, 0) is 36.8 Å². The molecular formula is C18H21NO5S. The van der Waals surface area contributed by atoms with Gasteiger partial charge in [0.05, 0.1) is 18.1 Å². The quantitative estimate of drug-likeness (QED) is 0.729. The van der Waals surface area contributed by atoms with Crippen molar-refractivity contribution in [3.63, 3.8) is 0 Å². The third-order valence-corrected chi connectivity index (χ3v) is 5.18. The van der Waals surface area contributed by atoms with Crippen LogP contribution in [0, 0.1) is 0 Å². The van der Waals surface area contributed by atoms with E-state index in [0.29, 0.717) is 11.3 Å². The average Bonchev–Trinajstić information content (AvgIpc) is 2.62. The zero-order chi connectivity index (χ0) is 18.4. The van der Waals surface area contributed by atoms with Gasteiger partial charge in [0.25, 0.3) is 0 Å². The summed E-state index contributed by atoms with van der Waals surface area (Å²) in [5.41, 5.74) is 1.14. The van der Waals surface area contributed by atoms with Crippen molar-refractivity contribution in [2.24, 2.45) is 0 Å². The highest BCUT2D eigenvalue weighted by Crippen LogP contribution is 2.22. The van der Waals surface area contributed by atoms with Crippen LogP contribution in [0.2, 0.25) is 0 Å². The maximum absolute atomic E-state index is 12.5. The van der Waals surface area contributed by atoms with Gasteiger partial charge in [0.15, 0.2) is 5.78 Å². The highest BCUT2D eigenvalue weighted by atomic mass is 32.2. The second-order valence-corrected chi connectivity index (χ2v) is 7.20. The van der Waals surface area contributed by atoms with E-state index in [9.17, 15) is 13.2 Å². The summed E-state index contributed by atoms with van der Waals surface area (Å²) in [6.45, 7) is 1.44. The number of carbonyl (C=O) groups is 1. The van der Waals surface area contributed by atoms with Crippen molar-refractivity contribution in [1.82, 2.24) is 4.72 Å². The predicted molar refractivity (Wildman–Crippen MR) is 94.4 cm³/mol. The van der Waals surface area contributed by atoms with Gasteiger partial charge in [-0.1, -0.05) is 24.3 Å². The van der Waals surface area contributed by atoms with Crippen molar-refractivity contribution in [3.8, 4) is 5.75 Å². The summed E-state index contributed by atoms with van der Waals surface area (Å²) in [7, 11) is -0.689. The molecule has 0 heterocycles. The van der Waals surface area contributed by atoms with E-state index in [2.05, 4.69) is 4.72 Å². The summed E-state index contributed by atoms with van der Waals surface area (Å²) < 4.78 is 38.0. The maximum atomic E-state index is 12.5. The Morgan fingerprint density at radius 1 is 1.12 bits per heavy atom. The number of methoxy groups -OCH3 is 2. The highest BCUT2D eigenvalue weighted by molar-refractivity contribution is 7.89. The van der Waals surface area contributed by atoms with Crippen LogP contribution in [0.25, 0.3) is 0 Å². The molecule has 0 amide bonds. The van der Waals surface area contributed by atoms with E-state index in [0.717, 1.165) is 5.56 Å². The number of Topliss-reactive ketones (excluding diaryl/α,β-unsaturated/α-hetero) is 1. The number of rotatable bonds is 8. The number of benzene rings is 2. The van der Waals surface area contributed by atoms with Gasteiger partial charge in [-0.2, -0.15) is 0 Å². The molecule has 0 aromatic heterocycles. The summed E-state index contributed by atoms with van der Waals surface area (Å²) in [5.74, 6) is 0.472. The number of ether oxygens (including phenoxy) is 2. The second kappa shape index (κ2) is 8.24. The van der Waals surface area contributed by atoms with Crippen LogP contribution in [-0.2, 0) is 14.8 Å². The molecule has 1 unspecified atom stereocenters. The molecule has 2 rings (SSSR count). The Kier molecular flexibility index (Phi) is 6.30. The minimum Gasteiger partial charge on any atom is -0.497 e. The third-order valence-electron chi connectivity index (χ3n) is 3.76. The minimum absolute atomic E-state index is 0.0423. The molecule has 2 aromatic rings. The van der Waals surface area contributed by atoms with Gasteiger partial charge in [-0.3, -0.25) is 4.79 Å². The van der Waals surface area contributed by atoms with Crippen molar-refractivity contribution in [2.75, 3.05) is 20.8 Å². The predicted octanol–water partition coefficient (Wildman–Crippen LogP) is 2.56. The minimum atomic E-state index is -3.76. The molecule has 25 heavy (non-hydrogen) atoms. The molecule has 0 aliphatic rings. The van der Waals surface area contributed by atoms with Crippen LogP contribution in [0.3, 0.4) is 0 Å². The fourth-order valence-corrected chi connectivity index (χ4v) is 3.41. The first-order valence-corrected chi connectivity index (χ1v) is 9.13. The third kappa shape index (κ3) is 4.88. The van der Waals surface area contributed by atoms with Crippen LogP contribution in [0.4, 0.5) is 0 Å². The fourth-order valence-electron chi connectivity index (χ4n) is 2.33. The molecule has 0 bridgehead atoms. The Labute approximate surface area is 147 Å². The lowest BCUT2D eigenvalue weighted by molar-refractivity contribution is 0.101. The number of hydrogen-bond donors (Lipinski definition) is 1. The van der Waals surface area contributed by atoms with E-state index >= 15 is 0 Å². The number of sulfonamides is 1. The van der Waals surface area contributed by atoms with Crippen molar-refractivity contribution in [3.05, 3.63) is 59.7 Å². The Hall–Kier alpha value is -2.22. The zero-order valence-corrected chi connectivity index (χ0v) is 15.2. The molecule has 1 N–H and O–H groups in total. The topological polar surface area (TPSA) is 81.7 Å². The van der Waals surface area contributed by atoms with Crippen molar-refractivity contribution < 1.29 is 22.7 Å². The Bertz CT molecular complexity index is 848. The Morgan fingerprint density at radius 3 is 2.48 bits per heavy atom. The van der Waals surface area contributed by atoms with Crippen LogP contribution in [0.15, 0.2) is 53.4 Å². The van der Waals surface area contributed by atoms with E-state index < -0.39 is 16.1 Å². The van der Waals surface area contributed by atoms with Gasteiger partial charge in [0.1, 0.15) is 5.75 Å². The molecule has 1 atom stereocenters. The molecule has 2 aromatic carbocycles. The standard InChI is InChI=1S/C18H21NO5S/c1-13(20)14-6-5-9-17(11-14)25(21,22)19-12-18(24-3)15-7-4-8-16(10-15)23-2/h4-11,18-19H,12H2,1-3H3. The monoisotopic (exact) mass is 363 g/mol. The number of ketones is 1. The highest BCUT2D eigenvalue weighted by Gasteiger charge is 2.19. The number of carbonyl (C=O) groups excluding carboxylic acids is 1. The first kappa shape index (κ1) is 19.1. The normalized spacial score (nSPS) is 12.6.